The van der Waals surface area contributed by atoms with Crippen LogP contribution in [0.4, 0.5) is 0 Å². The fourth-order valence-corrected chi connectivity index (χ4v) is 9.20. The van der Waals surface area contributed by atoms with Crippen molar-refractivity contribution in [2.24, 2.45) is 0 Å². The molecule has 0 aromatic carbocycles. The van der Waals surface area contributed by atoms with Crippen molar-refractivity contribution >= 4 is 31.6 Å². The summed E-state index contributed by atoms with van der Waals surface area (Å²) in [6.07, 6.45) is 22.6. The highest BCUT2D eigenvalue weighted by atomic mass is 31.2. The van der Waals surface area contributed by atoms with Crippen LogP contribution in [0.3, 0.4) is 0 Å². The van der Waals surface area contributed by atoms with Gasteiger partial charge in [0.25, 0.3) is 0 Å². The number of carboxylic acid groups (broad SMARTS) is 1. The van der Waals surface area contributed by atoms with Crippen LogP contribution in [0.1, 0.15) is 239 Å². The number of carboxylic acids is 1. The first-order chi connectivity index (χ1) is 32.2. The predicted molar refractivity (Wildman–Crippen MR) is 258 cm³/mol. The van der Waals surface area contributed by atoms with E-state index in [1.165, 1.54) is 96.3 Å². The van der Waals surface area contributed by atoms with E-state index in [1.807, 2.05) is 0 Å². The lowest BCUT2D eigenvalue weighted by molar-refractivity contribution is -0.271. The molecule has 17 heteroatoms. The molecule has 0 saturated carbocycles. The minimum absolute atomic E-state index is 0.179. The molecule has 1 amide bonds. The van der Waals surface area contributed by atoms with Crippen LogP contribution in [0.15, 0.2) is 0 Å². The van der Waals surface area contributed by atoms with Crippen LogP contribution in [0.25, 0.3) is 0 Å². The van der Waals surface area contributed by atoms with Gasteiger partial charge in [-0.05, 0) is 25.7 Å². The zero-order valence-electron chi connectivity index (χ0n) is 41.8. The molecule has 0 unspecified atom stereocenters. The second kappa shape index (κ2) is 40.5. The van der Waals surface area contributed by atoms with E-state index >= 15 is 0 Å². The molecular formula is C50H94NO15P. The second-order valence-corrected chi connectivity index (χ2v) is 19.9. The second-order valence-electron chi connectivity index (χ2n) is 18.7. The van der Waals surface area contributed by atoms with E-state index in [4.69, 9.17) is 23.5 Å². The lowest BCUT2D eigenvalue weighted by atomic mass is 9.96. The standard InChI is InChI=1S/C50H94NO15P/c1-4-7-10-13-16-19-20-23-26-29-32-35-45(57)63-41(34-31-28-25-22-18-15-12-9-6-3)37-46(58)65-49-47(50(62-39-44(55)56)64-42(38-52)48(49)66-67(59,60)61)51-43(54)36-40(53)33-30-27-24-21-17-14-11-8-5-2/h40-42,47-50,52-53H,4-39H2,1-3H3,(H,51,54)(H,55,56)(H2,59,60,61)/t40-,41-,42-,47-,48-,49-,50+/m1/s1. The molecule has 1 rings (SSSR count). The average Bonchev–Trinajstić information content (AvgIpc) is 3.27. The summed E-state index contributed by atoms with van der Waals surface area (Å²) in [4.78, 5) is 72.0. The molecule has 394 valence electrons. The van der Waals surface area contributed by atoms with Gasteiger partial charge in [-0.15, -0.1) is 0 Å². The van der Waals surface area contributed by atoms with Gasteiger partial charge in [-0.25, -0.2) is 9.36 Å². The van der Waals surface area contributed by atoms with Crippen molar-refractivity contribution in [2.75, 3.05) is 13.2 Å². The van der Waals surface area contributed by atoms with Crippen LogP contribution in [-0.4, -0.2) is 105 Å². The Bertz CT molecular complexity index is 1320. The van der Waals surface area contributed by atoms with Gasteiger partial charge in [0, 0.05) is 6.42 Å². The maximum absolute atomic E-state index is 13.9. The molecule has 1 aliphatic heterocycles. The summed E-state index contributed by atoms with van der Waals surface area (Å²) in [5.74, 6) is -3.60. The van der Waals surface area contributed by atoms with E-state index in [0.29, 0.717) is 32.1 Å². The first-order valence-corrected chi connectivity index (χ1v) is 28.0. The summed E-state index contributed by atoms with van der Waals surface area (Å²) in [7, 11) is -5.37. The van der Waals surface area contributed by atoms with E-state index in [0.717, 1.165) is 70.6 Å². The number of aliphatic hydroxyl groups is 2. The summed E-state index contributed by atoms with van der Waals surface area (Å²) in [6.45, 7) is 4.69. The van der Waals surface area contributed by atoms with Crippen LogP contribution in [0.5, 0.6) is 0 Å². The monoisotopic (exact) mass is 980 g/mol. The Hall–Kier alpha value is -2.17. The maximum Gasteiger partial charge on any atom is 0.470 e. The van der Waals surface area contributed by atoms with Crippen LogP contribution in [-0.2, 0) is 47.2 Å². The minimum atomic E-state index is -5.37. The lowest BCUT2D eigenvalue weighted by Gasteiger charge is -2.45. The van der Waals surface area contributed by atoms with Crippen molar-refractivity contribution in [3.05, 3.63) is 0 Å². The molecule has 0 aliphatic carbocycles. The molecule has 1 aliphatic rings. The Balaban J connectivity index is 3.13. The minimum Gasteiger partial charge on any atom is -0.480 e. The molecule has 67 heavy (non-hydrogen) atoms. The number of amides is 1. The summed E-state index contributed by atoms with van der Waals surface area (Å²) in [6, 6.07) is -1.62. The van der Waals surface area contributed by atoms with Crippen LogP contribution < -0.4 is 5.32 Å². The molecule has 16 nitrogen and oxygen atoms in total. The topological polar surface area (TPSA) is 245 Å². The molecule has 0 radical (unpaired) electrons. The number of esters is 2. The van der Waals surface area contributed by atoms with Gasteiger partial charge in [-0.3, -0.25) is 18.9 Å². The van der Waals surface area contributed by atoms with Gasteiger partial charge in [0.1, 0.15) is 31.0 Å². The number of rotatable bonds is 45. The fourth-order valence-electron chi connectivity index (χ4n) is 8.63. The zero-order valence-corrected chi connectivity index (χ0v) is 42.7. The molecule has 0 spiro atoms. The van der Waals surface area contributed by atoms with Crippen LogP contribution >= 0.6 is 7.82 Å². The average molecular weight is 980 g/mol. The highest BCUT2D eigenvalue weighted by Crippen LogP contribution is 2.42. The number of ether oxygens (including phenoxy) is 4. The molecule has 6 N–H and O–H groups in total. The van der Waals surface area contributed by atoms with Gasteiger partial charge < -0.3 is 49.4 Å². The Morgan fingerprint density at radius 1 is 0.612 bits per heavy atom. The normalized spacial score (nSPS) is 19.5. The van der Waals surface area contributed by atoms with Gasteiger partial charge in [0.05, 0.1) is 25.6 Å². The number of hydrogen-bond donors (Lipinski definition) is 6. The van der Waals surface area contributed by atoms with Crippen molar-refractivity contribution < 1.29 is 72.3 Å². The van der Waals surface area contributed by atoms with Gasteiger partial charge in [-0.1, -0.05) is 194 Å². The first-order valence-electron chi connectivity index (χ1n) is 26.4. The third-order valence-corrected chi connectivity index (χ3v) is 12.9. The quantitative estimate of drug-likeness (QED) is 0.0189. The van der Waals surface area contributed by atoms with Gasteiger partial charge in [-0.2, -0.15) is 0 Å². The lowest BCUT2D eigenvalue weighted by Crippen LogP contribution is -2.66. The Morgan fingerprint density at radius 2 is 1.06 bits per heavy atom. The number of aliphatic hydroxyl groups excluding tert-OH is 2. The van der Waals surface area contributed by atoms with Crippen molar-refractivity contribution in [1.82, 2.24) is 5.32 Å². The molecule has 0 aromatic heterocycles. The number of unbranched alkanes of at least 4 members (excludes halogenated alkanes) is 26. The van der Waals surface area contributed by atoms with Crippen molar-refractivity contribution in [3.8, 4) is 0 Å². The highest BCUT2D eigenvalue weighted by molar-refractivity contribution is 7.46. The maximum atomic E-state index is 13.9. The van der Waals surface area contributed by atoms with E-state index in [9.17, 15) is 48.8 Å². The van der Waals surface area contributed by atoms with E-state index < -0.39 is 101 Å². The molecule has 0 aromatic rings. The van der Waals surface area contributed by atoms with Crippen molar-refractivity contribution in [3.63, 3.8) is 0 Å². The molecule has 7 atom stereocenters. The number of nitrogens with one attached hydrogen (secondary N) is 1. The summed E-state index contributed by atoms with van der Waals surface area (Å²) >= 11 is 0. The van der Waals surface area contributed by atoms with E-state index in [1.54, 1.807) is 0 Å². The number of phosphoric acid groups is 1. The van der Waals surface area contributed by atoms with Crippen LogP contribution in [0.2, 0.25) is 0 Å². The summed E-state index contributed by atoms with van der Waals surface area (Å²) < 4.78 is 40.2. The number of phosphoric ester groups is 1. The van der Waals surface area contributed by atoms with Crippen molar-refractivity contribution in [1.29, 1.82) is 0 Å². The third kappa shape index (κ3) is 33.9. The summed E-state index contributed by atoms with van der Waals surface area (Å²) in [5, 5.41) is 33.0. The Morgan fingerprint density at radius 3 is 1.51 bits per heavy atom. The molecule has 1 heterocycles. The fraction of sp³-hybridized carbons (Fsp3) is 0.920. The Labute approximate surface area is 403 Å². The molecular weight excluding hydrogens is 886 g/mol. The molecule has 1 fully saturated rings. The smallest absolute Gasteiger partial charge is 0.470 e. The van der Waals surface area contributed by atoms with Crippen LogP contribution in [0, 0.1) is 0 Å². The third-order valence-electron chi connectivity index (χ3n) is 12.4. The summed E-state index contributed by atoms with van der Waals surface area (Å²) in [5.41, 5.74) is 0. The molecule has 1 saturated heterocycles. The predicted octanol–water partition coefficient (Wildman–Crippen LogP) is 10.3. The number of hydrogen-bond acceptors (Lipinski definition) is 12. The highest BCUT2D eigenvalue weighted by Gasteiger charge is 2.52. The van der Waals surface area contributed by atoms with E-state index in [2.05, 4.69) is 26.1 Å². The number of aliphatic carboxylic acids is 1. The van der Waals surface area contributed by atoms with Gasteiger partial charge >= 0.3 is 25.7 Å². The Kier molecular flexibility index (Phi) is 38.0. The zero-order chi connectivity index (χ0) is 49.5. The number of carbonyl (C=O) groups excluding carboxylic acids is 3. The van der Waals surface area contributed by atoms with Gasteiger partial charge in [0.15, 0.2) is 12.4 Å². The van der Waals surface area contributed by atoms with Crippen molar-refractivity contribution in [2.45, 2.75) is 282 Å². The number of carbonyl (C=O) groups is 4. The van der Waals surface area contributed by atoms with E-state index in [-0.39, 0.29) is 6.42 Å². The first kappa shape index (κ1) is 62.8. The molecule has 0 bridgehead atoms. The largest absolute Gasteiger partial charge is 0.480 e. The SMILES string of the molecule is CCCCCCCCCCCCCC(=O)O[C@H](CCCCCCCCCCC)CC(=O)O[C@@H]1[C@@H](NC(=O)C[C@H](O)CCCCCCCCCCC)[C@@H](OCC(=O)O)O[C@H](CO)[C@H]1OP(=O)(O)O. The van der Waals surface area contributed by atoms with Gasteiger partial charge in [0.2, 0.25) is 5.91 Å².